The molecule has 0 aliphatic heterocycles. The van der Waals surface area contributed by atoms with E-state index in [1.807, 2.05) is 32.0 Å². The average Bonchev–Trinajstić information content (AvgIpc) is 3.22. The van der Waals surface area contributed by atoms with Crippen LogP contribution < -0.4 is 16.0 Å². The molecule has 0 radical (unpaired) electrons. The zero-order valence-corrected chi connectivity index (χ0v) is 16.0. The van der Waals surface area contributed by atoms with Crippen LogP contribution in [0.15, 0.2) is 42.5 Å². The van der Waals surface area contributed by atoms with Gasteiger partial charge in [0.1, 0.15) is 0 Å². The Hall–Kier alpha value is -2.71. The molecule has 0 fully saturated rings. The van der Waals surface area contributed by atoms with E-state index in [-0.39, 0.29) is 11.9 Å². The monoisotopic (exact) mass is 386 g/mol. The number of thiazole rings is 1. The number of carbonyl (C=O) groups is 2. The van der Waals surface area contributed by atoms with E-state index in [4.69, 9.17) is 0 Å². The number of nitrogens with one attached hydrogen (secondary N) is 3. The van der Waals surface area contributed by atoms with E-state index < -0.39 is 0 Å². The Kier molecular flexibility index (Phi) is 5.65. The second kappa shape index (κ2) is 8.11. The minimum Gasteiger partial charge on any atom is -0.308 e. The first-order valence-electron chi connectivity index (χ1n) is 8.05. The summed E-state index contributed by atoms with van der Waals surface area (Å²) in [5.74, 6) is -0.233. The van der Waals surface area contributed by atoms with Crippen LogP contribution in [0.3, 0.4) is 0 Å². The topological polar surface area (TPSA) is 83.1 Å². The van der Waals surface area contributed by atoms with Gasteiger partial charge in [-0.25, -0.2) is 9.78 Å². The molecule has 8 heteroatoms. The highest BCUT2D eigenvalue weighted by Gasteiger charge is 2.14. The Balaban J connectivity index is 1.59. The van der Waals surface area contributed by atoms with Gasteiger partial charge in [-0.3, -0.25) is 15.4 Å². The molecule has 2 aromatic heterocycles. The third-order valence-electron chi connectivity index (χ3n) is 3.55. The van der Waals surface area contributed by atoms with E-state index in [0.29, 0.717) is 20.7 Å². The highest BCUT2D eigenvalue weighted by molar-refractivity contribution is 7.18. The highest BCUT2D eigenvalue weighted by Crippen LogP contribution is 2.26. The maximum Gasteiger partial charge on any atom is 0.324 e. The molecule has 0 atom stereocenters. The van der Waals surface area contributed by atoms with E-state index >= 15 is 0 Å². The summed E-state index contributed by atoms with van der Waals surface area (Å²) in [6.07, 6.45) is 0.835. The fraction of sp³-hybridized carbons (Fsp3) is 0.167. The first-order valence-corrected chi connectivity index (χ1v) is 9.69. The Morgan fingerprint density at radius 1 is 1.00 bits per heavy atom. The predicted molar refractivity (Wildman–Crippen MR) is 108 cm³/mol. The first-order chi connectivity index (χ1) is 12.5. The summed E-state index contributed by atoms with van der Waals surface area (Å²) in [6, 6.07) is 12.2. The molecule has 3 amide bonds. The van der Waals surface area contributed by atoms with Crippen LogP contribution in [0.1, 0.15) is 27.2 Å². The standard InChI is InChI=1S/C18H18N4O2S2/c1-3-13-11(2)25-18(20-13)22-16(23)14-9-10-15(26-14)21-17(24)19-12-7-5-4-6-8-12/h4-10H,3H2,1-2H3,(H2,19,21,24)(H,20,22,23). The van der Waals surface area contributed by atoms with E-state index in [2.05, 4.69) is 20.9 Å². The number of benzene rings is 1. The average molecular weight is 387 g/mol. The number of para-hydroxylation sites is 1. The predicted octanol–water partition coefficient (Wildman–Crippen LogP) is 4.97. The summed E-state index contributed by atoms with van der Waals surface area (Å²) in [7, 11) is 0. The third-order valence-corrected chi connectivity index (χ3v) is 5.47. The van der Waals surface area contributed by atoms with Crippen molar-refractivity contribution < 1.29 is 9.59 Å². The van der Waals surface area contributed by atoms with Crippen LogP contribution in [0.5, 0.6) is 0 Å². The van der Waals surface area contributed by atoms with Gasteiger partial charge >= 0.3 is 6.03 Å². The highest BCUT2D eigenvalue weighted by atomic mass is 32.1. The van der Waals surface area contributed by atoms with Crippen molar-refractivity contribution in [3.63, 3.8) is 0 Å². The van der Waals surface area contributed by atoms with Gasteiger partial charge in [-0.2, -0.15) is 0 Å². The minimum atomic E-state index is -0.354. The molecule has 134 valence electrons. The van der Waals surface area contributed by atoms with Crippen molar-refractivity contribution in [3.05, 3.63) is 57.9 Å². The van der Waals surface area contributed by atoms with E-state index in [1.54, 1.807) is 24.3 Å². The Labute approximate surface area is 159 Å². The number of hydrogen-bond acceptors (Lipinski definition) is 5. The lowest BCUT2D eigenvalue weighted by atomic mass is 10.3. The van der Waals surface area contributed by atoms with Crippen molar-refractivity contribution >= 4 is 50.4 Å². The zero-order valence-electron chi connectivity index (χ0n) is 14.3. The van der Waals surface area contributed by atoms with Gasteiger partial charge < -0.3 is 5.32 Å². The van der Waals surface area contributed by atoms with Crippen LogP contribution in [0, 0.1) is 6.92 Å². The van der Waals surface area contributed by atoms with Gasteiger partial charge in [-0.05, 0) is 37.6 Å². The summed E-state index contributed by atoms with van der Waals surface area (Å²) < 4.78 is 0. The number of aryl methyl sites for hydroxylation is 2. The van der Waals surface area contributed by atoms with Gasteiger partial charge in [-0.15, -0.1) is 22.7 Å². The Morgan fingerprint density at radius 3 is 2.46 bits per heavy atom. The van der Waals surface area contributed by atoms with Crippen LogP contribution in [0.25, 0.3) is 0 Å². The summed E-state index contributed by atoms with van der Waals surface area (Å²) in [4.78, 5) is 30.4. The molecule has 1 aromatic carbocycles. The van der Waals surface area contributed by atoms with Gasteiger partial charge in [0.05, 0.1) is 15.6 Å². The lowest BCUT2D eigenvalue weighted by Crippen LogP contribution is -2.18. The first kappa shape index (κ1) is 18.1. The summed E-state index contributed by atoms with van der Waals surface area (Å²) in [6.45, 7) is 4.02. The molecular formula is C18H18N4O2S2. The van der Waals surface area contributed by atoms with E-state index in [1.165, 1.54) is 22.7 Å². The van der Waals surface area contributed by atoms with Crippen LogP contribution in [-0.2, 0) is 6.42 Å². The Morgan fingerprint density at radius 2 is 1.77 bits per heavy atom. The van der Waals surface area contributed by atoms with Crippen LogP contribution in [0.2, 0.25) is 0 Å². The molecule has 26 heavy (non-hydrogen) atoms. The second-order valence-electron chi connectivity index (χ2n) is 5.44. The number of thiophene rings is 1. The zero-order chi connectivity index (χ0) is 18.5. The van der Waals surface area contributed by atoms with Crippen LogP contribution in [0.4, 0.5) is 20.6 Å². The van der Waals surface area contributed by atoms with Gasteiger partial charge in [-0.1, -0.05) is 25.1 Å². The quantitative estimate of drug-likeness (QED) is 0.579. The number of nitrogens with zero attached hydrogens (tertiary/aromatic N) is 1. The number of aromatic nitrogens is 1. The molecule has 2 heterocycles. The van der Waals surface area contributed by atoms with E-state index in [0.717, 1.165) is 17.0 Å². The van der Waals surface area contributed by atoms with Gasteiger partial charge in [0.2, 0.25) is 0 Å². The van der Waals surface area contributed by atoms with Crippen LogP contribution in [-0.4, -0.2) is 16.9 Å². The van der Waals surface area contributed by atoms with Crippen molar-refractivity contribution in [2.75, 3.05) is 16.0 Å². The molecule has 0 unspecified atom stereocenters. The number of hydrogen-bond donors (Lipinski definition) is 3. The fourth-order valence-electron chi connectivity index (χ4n) is 2.29. The molecule has 0 aliphatic rings. The second-order valence-corrected chi connectivity index (χ2v) is 7.73. The SMILES string of the molecule is CCc1nc(NC(=O)c2ccc(NC(=O)Nc3ccccc3)s2)sc1C. The minimum absolute atomic E-state index is 0.233. The molecule has 3 rings (SSSR count). The lowest BCUT2D eigenvalue weighted by Gasteiger charge is -2.05. The molecular weight excluding hydrogens is 368 g/mol. The number of urea groups is 1. The normalized spacial score (nSPS) is 10.4. The Bertz CT molecular complexity index is 918. The molecule has 0 bridgehead atoms. The van der Waals surface area contributed by atoms with Crippen molar-refractivity contribution in [3.8, 4) is 0 Å². The van der Waals surface area contributed by atoms with Gasteiger partial charge in [0.25, 0.3) is 5.91 Å². The number of amides is 3. The van der Waals surface area contributed by atoms with Crippen molar-refractivity contribution in [2.45, 2.75) is 20.3 Å². The number of carbonyl (C=O) groups excluding carboxylic acids is 2. The maximum absolute atomic E-state index is 12.4. The molecule has 0 saturated heterocycles. The summed E-state index contributed by atoms with van der Waals surface area (Å²) >= 11 is 2.67. The molecule has 0 spiro atoms. The maximum atomic E-state index is 12.4. The van der Waals surface area contributed by atoms with Crippen LogP contribution >= 0.6 is 22.7 Å². The summed E-state index contributed by atoms with van der Waals surface area (Å²) in [5.41, 5.74) is 1.70. The molecule has 0 saturated carbocycles. The molecule has 0 aliphatic carbocycles. The van der Waals surface area contributed by atoms with Crippen molar-refractivity contribution in [2.24, 2.45) is 0 Å². The smallest absolute Gasteiger partial charge is 0.308 e. The largest absolute Gasteiger partial charge is 0.324 e. The molecule has 3 aromatic rings. The van der Waals surface area contributed by atoms with Crippen molar-refractivity contribution in [1.82, 2.24) is 4.98 Å². The van der Waals surface area contributed by atoms with Gasteiger partial charge in [0.15, 0.2) is 5.13 Å². The van der Waals surface area contributed by atoms with E-state index in [9.17, 15) is 9.59 Å². The fourth-order valence-corrected chi connectivity index (χ4v) is 3.98. The summed E-state index contributed by atoms with van der Waals surface area (Å²) in [5, 5.41) is 9.45. The van der Waals surface area contributed by atoms with Gasteiger partial charge in [0, 0.05) is 10.6 Å². The number of rotatable bonds is 5. The molecule has 6 nitrogen and oxygen atoms in total. The molecule has 3 N–H and O–H groups in total. The van der Waals surface area contributed by atoms with Crippen molar-refractivity contribution in [1.29, 1.82) is 0 Å². The number of anilines is 3. The third kappa shape index (κ3) is 4.47. The lowest BCUT2D eigenvalue weighted by molar-refractivity contribution is 0.103.